The molecular weight excluding hydrogens is 252 g/mol. The summed E-state index contributed by atoms with van der Waals surface area (Å²) in [6.45, 7) is 3.08. The van der Waals surface area contributed by atoms with Gasteiger partial charge in [0.2, 0.25) is 0 Å². The van der Waals surface area contributed by atoms with Crippen molar-refractivity contribution in [2.24, 2.45) is 0 Å². The molecule has 2 aromatic rings. The van der Waals surface area contributed by atoms with Crippen LogP contribution in [-0.2, 0) is 13.2 Å². The number of furan rings is 1. The number of nitrogens with one attached hydrogen (secondary N) is 1. The highest BCUT2D eigenvalue weighted by atomic mass is 35.5. The topological polar surface area (TPSA) is 47.3 Å². The van der Waals surface area contributed by atoms with Crippen LogP contribution in [0.25, 0.3) is 0 Å². The third-order valence-electron chi connectivity index (χ3n) is 2.50. The molecule has 0 aliphatic rings. The highest BCUT2D eigenvalue weighted by Gasteiger charge is 2.07. The van der Waals surface area contributed by atoms with Gasteiger partial charge in [-0.05, 0) is 20.0 Å². The SMILES string of the molecule is CNCc1cc(COc2cncc(Cl)c2)c(C)o1. The Morgan fingerprint density at radius 3 is 2.94 bits per heavy atom. The fourth-order valence-electron chi connectivity index (χ4n) is 1.62. The largest absolute Gasteiger partial charge is 0.487 e. The first-order valence-corrected chi connectivity index (χ1v) is 6.03. The number of nitrogens with zero attached hydrogens (tertiary/aromatic N) is 1. The number of aryl methyl sites for hydroxylation is 1. The standard InChI is InChI=1S/C13H15ClN2O2/c1-9-10(3-13(18-9)6-15-2)8-17-12-4-11(14)5-16-7-12/h3-5,7,15H,6,8H2,1-2H3. The smallest absolute Gasteiger partial charge is 0.139 e. The number of pyridine rings is 1. The zero-order chi connectivity index (χ0) is 13.0. The molecule has 18 heavy (non-hydrogen) atoms. The number of hydrogen-bond donors (Lipinski definition) is 1. The van der Waals surface area contributed by atoms with Crippen LogP contribution in [0.1, 0.15) is 17.1 Å². The molecular formula is C13H15ClN2O2. The monoisotopic (exact) mass is 266 g/mol. The minimum atomic E-state index is 0.446. The van der Waals surface area contributed by atoms with E-state index in [-0.39, 0.29) is 0 Å². The summed E-state index contributed by atoms with van der Waals surface area (Å²) < 4.78 is 11.2. The Morgan fingerprint density at radius 2 is 2.22 bits per heavy atom. The summed E-state index contributed by atoms with van der Waals surface area (Å²) in [5, 5.41) is 3.61. The normalized spacial score (nSPS) is 10.6. The number of aromatic nitrogens is 1. The molecule has 2 aromatic heterocycles. The molecule has 2 heterocycles. The molecule has 0 bridgehead atoms. The lowest BCUT2D eigenvalue weighted by Gasteiger charge is -2.04. The molecule has 0 atom stereocenters. The lowest BCUT2D eigenvalue weighted by molar-refractivity contribution is 0.302. The van der Waals surface area contributed by atoms with Crippen LogP contribution in [-0.4, -0.2) is 12.0 Å². The molecule has 2 rings (SSSR count). The lowest BCUT2D eigenvalue weighted by atomic mass is 10.2. The van der Waals surface area contributed by atoms with E-state index in [9.17, 15) is 0 Å². The maximum atomic E-state index is 5.83. The van der Waals surface area contributed by atoms with Gasteiger partial charge in [-0.25, -0.2) is 0 Å². The number of hydrogen-bond acceptors (Lipinski definition) is 4. The van der Waals surface area contributed by atoms with Crippen LogP contribution in [0.15, 0.2) is 28.9 Å². The summed E-state index contributed by atoms with van der Waals surface area (Å²) in [5.74, 6) is 2.42. The van der Waals surface area contributed by atoms with Crippen molar-refractivity contribution in [1.29, 1.82) is 0 Å². The predicted molar refractivity (Wildman–Crippen MR) is 69.8 cm³/mol. The van der Waals surface area contributed by atoms with Crippen molar-refractivity contribution in [3.8, 4) is 5.75 Å². The van der Waals surface area contributed by atoms with Crippen molar-refractivity contribution in [2.75, 3.05) is 7.05 Å². The van der Waals surface area contributed by atoms with E-state index < -0.39 is 0 Å². The minimum Gasteiger partial charge on any atom is -0.487 e. The maximum absolute atomic E-state index is 5.83. The van der Waals surface area contributed by atoms with Gasteiger partial charge < -0.3 is 14.5 Å². The number of halogens is 1. The first-order valence-electron chi connectivity index (χ1n) is 5.65. The van der Waals surface area contributed by atoms with Gasteiger partial charge in [0.25, 0.3) is 0 Å². The van der Waals surface area contributed by atoms with Crippen LogP contribution in [0.2, 0.25) is 5.02 Å². The van der Waals surface area contributed by atoms with Gasteiger partial charge in [-0.2, -0.15) is 0 Å². The van der Waals surface area contributed by atoms with Gasteiger partial charge in [0.1, 0.15) is 23.9 Å². The van der Waals surface area contributed by atoms with Gasteiger partial charge >= 0.3 is 0 Å². The summed E-state index contributed by atoms with van der Waals surface area (Å²) in [7, 11) is 1.88. The van der Waals surface area contributed by atoms with Crippen molar-refractivity contribution in [1.82, 2.24) is 10.3 Å². The van der Waals surface area contributed by atoms with Gasteiger partial charge in [0.15, 0.2) is 0 Å². The van der Waals surface area contributed by atoms with E-state index in [0.717, 1.165) is 17.1 Å². The van der Waals surface area contributed by atoms with E-state index in [1.807, 2.05) is 20.0 Å². The van der Waals surface area contributed by atoms with Gasteiger partial charge in [-0.15, -0.1) is 0 Å². The summed E-state index contributed by atoms with van der Waals surface area (Å²) in [4.78, 5) is 3.96. The zero-order valence-corrected chi connectivity index (χ0v) is 11.1. The van der Waals surface area contributed by atoms with Crippen molar-refractivity contribution >= 4 is 11.6 Å². The molecule has 0 aliphatic carbocycles. The Hall–Kier alpha value is -1.52. The Kier molecular flexibility index (Phi) is 4.23. The van der Waals surface area contributed by atoms with E-state index in [2.05, 4.69) is 10.3 Å². The Labute approximate surface area is 111 Å². The molecule has 0 spiro atoms. The van der Waals surface area contributed by atoms with E-state index >= 15 is 0 Å². The van der Waals surface area contributed by atoms with Crippen LogP contribution < -0.4 is 10.1 Å². The van der Waals surface area contributed by atoms with Gasteiger partial charge in [-0.1, -0.05) is 11.6 Å². The second-order valence-electron chi connectivity index (χ2n) is 3.95. The molecule has 0 radical (unpaired) electrons. The Balaban J connectivity index is 2.01. The highest BCUT2D eigenvalue weighted by Crippen LogP contribution is 2.19. The van der Waals surface area contributed by atoms with Crippen molar-refractivity contribution in [2.45, 2.75) is 20.1 Å². The van der Waals surface area contributed by atoms with Gasteiger partial charge in [-0.3, -0.25) is 4.98 Å². The lowest BCUT2D eigenvalue weighted by Crippen LogP contribution is -2.03. The maximum Gasteiger partial charge on any atom is 0.139 e. The van der Waals surface area contributed by atoms with Crippen LogP contribution >= 0.6 is 11.6 Å². The van der Waals surface area contributed by atoms with Crippen LogP contribution in [0, 0.1) is 6.92 Å². The first-order chi connectivity index (χ1) is 8.69. The molecule has 0 saturated carbocycles. The minimum absolute atomic E-state index is 0.446. The average molecular weight is 267 g/mol. The molecule has 96 valence electrons. The average Bonchev–Trinajstić information content (AvgIpc) is 2.68. The fraction of sp³-hybridized carbons (Fsp3) is 0.308. The van der Waals surface area contributed by atoms with E-state index in [1.54, 1.807) is 18.5 Å². The van der Waals surface area contributed by atoms with Crippen molar-refractivity contribution in [3.05, 3.63) is 46.6 Å². The molecule has 0 amide bonds. The van der Waals surface area contributed by atoms with Crippen LogP contribution in [0.3, 0.4) is 0 Å². The summed E-state index contributed by atoms with van der Waals surface area (Å²) in [5.41, 5.74) is 1.03. The molecule has 0 saturated heterocycles. The molecule has 4 nitrogen and oxygen atoms in total. The molecule has 0 aromatic carbocycles. The van der Waals surface area contributed by atoms with Crippen molar-refractivity contribution in [3.63, 3.8) is 0 Å². The fourth-order valence-corrected chi connectivity index (χ4v) is 1.79. The zero-order valence-electron chi connectivity index (χ0n) is 10.4. The second-order valence-corrected chi connectivity index (χ2v) is 4.39. The molecule has 5 heteroatoms. The van der Waals surface area contributed by atoms with E-state index in [0.29, 0.717) is 23.9 Å². The summed E-state index contributed by atoms with van der Waals surface area (Å²) in [6.07, 6.45) is 3.21. The second kappa shape index (κ2) is 5.89. The Morgan fingerprint density at radius 1 is 1.39 bits per heavy atom. The molecule has 0 unspecified atom stereocenters. The molecule has 0 aliphatic heterocycles. The quantitative estimate of drug-likeness (QED) is 0.904. The third kappa shape index (κ3) is 3.24. The summed E-state index contributed by atoms with van der Waals surface area (Å²) in [6, 6.07) is 3.72. The van der Waals surface area contributed by atoms with E-state index in [4.69, 9.17) is 20.8 Å². The number of ether oxygens (including phenoxy) is 1. The van der Waals surface area contributed by atoms with Gasteiger partial charge in [0, 0.05) is 17.8 Å². The molecule has 0 fully saturated rings. The van der Waals surface area contributed by atoms with E-state index in [1.165, 1.54) is 0 Å². The van der Waals surface area contributed by atoms with Gasteiger partial charge in [0.05, 0.1) is 17.8 Å². The summed E-state index contributed by atoms with van der Waals surface area (Å²) >= 11 is 5.83. The Bertz CT molecular complexity index is 525. The third-order valence-corrected chi connectivity index (χ3v) is 2.70. The molecule has 1 N–H and O–H groups in total. The highest BCUT2D eigenvalue weighted by molar-refractivity contribution is 6.30. The van der Waals surface area contributed by atoms with Crippen LogP contribution in [0.5, 0.6) is 5.75 Å². The first kappa shape index (κ1) is 12.9. The van der Waals surface area contributed by atoms with Crippen molar-refractivity contribution < 1.29 is 9.15 Å². The predicted octanol–water partition coefficient (Wildman–Crippen LogP) is 2.93. The number of rotatable bonds is 5. The van der Waals surface area contributed by atoms with Crippen LogP contribution in [0.4, 0.5) is 0 Å².